The number of Topliss-reactive ketones (excluding diaryl/α,β-unsaturated/α-hetero) is 1. The Morgan fingerprint density at radius 3 is 1.73 bits per heavy atom. The van der Waals surface area contributed by atoms with Crippen molar-refractivity contribution < 1.29 is 28.4 Å². The molecule has 0 aliphatic carbocycles. The van der Waals surface area contributed by atoms with Crippen molar-refractivity contribution in [2.75, 3.05) is 6.54 Å². The van der Waals surface area contributed by atoms with Crippen LogP contribution in [0.4, 0.5) is 0 Å². The summed E-state index contributed by atoms with van der Waals surface area (Å²) in [5.74, 6) is -1.77. The second kappa shape index (κ2) is 20.1. The van der Waals surface area contributed by atoms with Gasteiger partial charge in [-0.2, -0.15) is 0 Å². The third-order valence-corrected chi connectivity index (χ3v) is 16.7. The van der Waals surface area contributed by atoms with E-state index in [9.17, 15) is 24.0 Å². The monoisotopic (exact) mass is 826 g/mol. The fraction of sp³-hybridized carbons (Fsp3) is 0.367. The fourth-order valence-corrected chi connectivity index (χ4v) is 13.1. The summed E-state index contributed by atoms with van der Waals surface area (Å²) in [5.41, 5.74) is 1.69. The molecule has 2 fully saturated rings. The summed E-state index contributed by atoms with van der Waals surface area (Å²) in [6.45, 7) is 8.72. The van der Waals surface area contributed by atoms with Crippen LogP contribution in [-0.2, 0) is 41.2 Å². The average molecular weight is 827 g/mol. The number of benzene rings is 4. The number of amides is 4. The second-order valence-corrected chi connectivity index (χ2v) is 21.1. The highest BCUT2D eigenvalue weighted by Crippen LogP contribution is 2.37. The summed E-state index contributed by atoms with van der Waals surface area (Å²) in [5, 5.41) is 10.7. The largest absolute Gasteiger partial charge is 0.398 e. The Balaban J connectivity index is 1.17. The van der Waals surface area contributed by atoms with Gasteiger partial charge in [-0.3, -0.25) is 24.0 Å². The molecule has 2 saturated heterocycles. The molecule has 0 radical (unpaired) electrons. The van der Waals surface area contributed by atoms with Crippen molar-refractivity contribution in [2.24, 2.45) is 0 Å². The number of allylic oxidation sites excluding steroid dienone is 2. The average Bonchev–Trinajstić information content (AvgIpc) is 3.75. The molecule has 0 unspecified atom stereocenters. The van der Waals surface area contributed by atoms with Gasteiger partial charge in [0.15, 0.2) is 5.78 Å². The van der Waals surface area contributed by atoms with Gasteiger partial charge in [0.05, 0.1) is 0 Å². The first kappa shape index (κ1) is 43.9. The lowest BCUT2D eigenvalue weighted by Gasteiger charge is -2.44. The van der Waals surface area contributed by atoms with Gasteiger partial charge >= 0.3 is 0 Å². The quantitative estimate of drug-likeness (QED) is 0.119. The van der Waals surface area contributed by atoms with Crippen LogP contribution in [0.3, 0.4) is 0 Å². The number of fused-ring (bicyclic) bond motifs is 1. The van der Waals surface area contributed by atoms with Gasteiger partial charge < -0.3 is 25.3 Å². The fourth-order valence-electron chi connectivity index (χ4n) is 8.46. The van der Waals surface area contributed by atoms with Crippen molar-refractivity contribution in [1.82, 2.24) is 20.9 Å². The number of rotatable bonds is 14. The molecule has 60 heavy (non-hydrogen) atoms. The van der Waals surface area contributed by atoms with Gasteiger partial charge in [0.1, 0.15) is 30.3 Å². The van der Waals surface area contributed by atoms with E-state index in [1.807, 2.05) is 110 Å². The normalized spacial score (nSPS) is 21.0. The molecule has 314 valence electrons. The summed E-state index contributed by atoms with van der Waals surface area (Å²) >= 11 is 0. The minimum absolute atomic E-state index is 0.0670. The van der Waals surface area contributed by atoms with Crippen LogP contribution in [0.5, 0.6) is 0 Å². The first-order valence-corrected chi connectivity index (χ1v) is 23.0. The summed E-state index contributed by atoms with van der Waals surface area (Å²) in [6, 6.07) is 35.5. The Hall–Kier alpha value is -5.65. The third kappa shape index (κ3) is 10.6. The van der Waals surface area contributed by atoms with Gasteiger partial charge in [0.25, 0.3) is 8.32 Å². The van der Waals surface area contributed by atoms with E-state index in [1.165, 1.54) is 0 Å². The van der Waals surface area contributed by atoms with Crippen molar-refractivity contribution >= 4 is 48.1 Å². The highest BCUT2D eigenvalue weighted by atomic mass is 28.4. The molecule has 6 rings (SSSR count). The molecule has 0 bridgehead atoms. The lowest BCUT2D eigenvalue weighted by Crippen LogP contribution is -2.68. The minimum Gasteiger partial charge on any atom is -0.398 e. The van der Waals surface area contributed by atoms with Gasteiger partial charge in [-0.25, -0.2) is 0 Å². The van der Waals surface area contributed by atoms with E-state index < -0.39 is 56.3 Å². The zero-order valence-corrected chi connectivity index (χ0v) is 36.1. The first-order valence-electron chi connectivity index (χ1n) is 21.1. The molecular formula is C49H58N4O6Si. The second-order valence-electron chi connectivity index (χ2n) is 16.9. The Kier molecular flexibility index (Phi) is 14.7. The molecule has 0 spiro atoms. The zero-order valence-electron chi connectivity index (χ0n) is 35.1. The van der Waals surface area contributed by atoms with Crippen LogP contribution in [-0.4, -0.2) is 79.4 Å². The van der Waals surface area contributed by atoms with Crippen molar-refractivity contribution in [3.8, 4) is 0 Å². The Bertz CT molecular complexity index is 2070. The number of nitrogens with one attached hydrogen (secondary N) is 3. The molecule has 2 aliphatic rings. The Labute approximate surface area is 355 Å². The summed E-state index contributed by atoms with van der Waals surface area (Å²) in [4.78, 5) is 71.5. The molecule has 0 aromatic heterocycles. The van der Waals surface area contributed by atoms with Crippen molar-refractivity contribution in [2.45, 2.75) is 108 Å². The first-order chi connectivity index (χ1) is 28.9. The molecule has 0 saturated carbocycles. The number of carbonyl (C=O) groups is 5. The van der Waals surface area contributed by atoms with Gasteiger partial charge in [-0.1, -0.05) is 154 Å². The molecule has 2 heterocycles. The van der Waals surface area contributed by atoms with Crippen LogP contribution in [0.2, 0.25) is 5.04 Å². The van der Waals surface area contributed by atoms with Crippen LogP contribution in [0.1, 0.15) is 70.9 Å². The zero-order chi connectivity index (χ0) is 42.7. The van der Waals surface area contributed by atoms with Crippen LogP contribution in [0.15, 0.2) is 133 Å². The van der Waals surface area contributed by atoms with Gasteiger partial charge in [-0.15, -0.1) is 0 Å². The molecule has 2 aliphatic heterocycles. The van der Waals surface area contributed by atoms with Crippen LogP contribution < -0.4 is 26.3 Å². The Morgan fingerprint density at radius 1 is 0.700 bits per heavy atom. The van der Waals surface area contributed by atoms with Crippen LogP contribution in [0, 0.1) is 0 Å². The molecule has 5 atom stereocenters. The van der Waals surface area contributed by atoms with E-state index in [4.69, 9.17) is 4.43 Å². The lowest BCUT2D eigenvalue weighted by atomic mass is 10.0. The minimum atomic E-state index is -2.94. The number of nitrogens with zero attached hydrogens (tertiary/aromatic N) is 1. The maximum Gasteiger partial charge on any atom is 0.262 e. The highest BCUT2D eigenvalue weighted by molar-refractivity contribution is 6.99. The molecule has 4 aromatic rings. The summed E-state index contributed by atoms with van der Waals surface area (Å²) in [7, 11) is -2.94. The number of hydrogen-bond donors (Lipinski definition) is 3. The molecule has 10 nitrogen and oxygen atoms in total. The predicted molar refractivity (Wildman–Crippen MR) is 237 cm³/mol. The van der Waals surface area contributed by atoms with Gasteiger partial charge in [0, 0.05) is 25.8 Å². The van der Waals surface area contributed by atoms with Gasteiger partial charge in [-0.05, 0) is 59.1 Å². The SMILES string of the molecule is C[C@@H](O[Si](c1ccccc1)(c1ccccc1)C(C)(C)C)C(=O)CC=CCC[C@@H]1NC(=O)[C@H]2CCCN2C(=O)[C@H](Cc2ccccc2)NC(=O)[C@H](Cc2ccccc2)NC1=O. The van der Waals surface area contributed by atoms with Crippen molar-refractivity contribution in [3.63, 3.8) is 0 Å². The van der Waals surface area contributed by atoms with Crippen LogP contribution in [0.25, 0.3) is 0 Å². The van der Waals surface area contributed by atoms with Crippen LogP contribution >= 0.6 is 0 Å². The van der Waals surface area contributed by atoms with E-state index in [0.29, 0.717) is 25.8 Å². The Morgan fingerprint density at radius 2 is 1.18 bits per heavy atom. The number of carbonyl (C=O) groups excluding carboxylic acids is 5. The molecule has 11 heteroatoms. The summed E-state index contributed by atoms with van der Waals surface area (Å²) < 4.78 is 7.02. The van der Waals surface area contributed by atoms with Gasteiger partial charge in [0.2, 0.25) is 23.6 Å². The van der Waals surface area contributed by atoms with Crippen molar-refractivity contribution in [1.29, 1.82) is 0 Å². The highest BCUT2D eigenvalue weighted by Gasteiger charge is 2.51. The molecule has 4 aromatic carbocycles. The van der Waals surface area contributed by atoms with E-state index in [-0.39, 0.29) is 42.4 Å². The van der Waals surface area contributed by atoms with E-state index >= 15 is 0 Å². The molecule has 3 N–H and O–H groups in total. The molecule has 4 amide bonds. The predicted octanol–water partition coefficient (Wildman–Crippen LogP) is 5.19. The maximum atomic E-state index is 14.2. The van der Waals surface area contributed by atoms with E-state index in [0.717, 1.165) is 21.5 Å². The maximum absolute atomic E-state index is 14.2. The van der Waals surface area contributed by atoms with Crippen molar-refractivity contribution in [3.05, 3.63) is 145 Å². The molecular weight excluding hydrogens is 769 g/mol. The smallest absolute Gasteiger partial charge is 0.262 e. The summed E-state index contributed by atoms with van der Waals surface area (Å²) in [6.07, 6.45) is 5.17. The standard InChI is InChI=1S/C49H58N4O6Si/c1-35(59-60(49(2,3)4,38-25-14-7-15-26-38)39-27-16-8-17-28-39)44(54)31-19-9-18-29-40-45(55)51-41(33-36-21-10-5-11-22-36)46(56)52-42(34-37-23-12-6-13-24-37)48(58)53-32-20-30-43(53)47(57)50-40/h5-17,19,21-28,35,40-43H,18,20,29-34H2,1-4H3,(H,50,57)(H,51,55)(H,52,56)/t35-,40+,41+,42+,43-/m1/s1. The van der Waals surface area contributed by atoms with E-state index in [2.05, 4.69) is 61.0 Å². The lowest BCUT2D eigenvalue weighted by molar-refractivity contribution is -0.143. The number of ketones is 1. The third-order valence-electron chi connectivity index (χ3n) is 11.6. The topological polar surface area (TPSA) is 134 Å². The number of hydrogen-bond acceptors (Lipinski definition) is 6. The van der Waals surface area contributed by atoms with E-state index in [1.54, 1.807) is 11.0 Å².